The lowest BCUT2D eigenvalue weighted by atomic mass is 10.1. The van der Waals surface area contributed by atoms with Crippen LogP contribution in [-0.4, -0.2) is 80.5 Å². The molecule has 1 N–H and O–H groups in total. The molecular formula is C35H55N3O6Si. The number of amides is 3. The molecule has 2 aliphatic rings. The van der Waals surface area contributed by atoms with Gasteiger partial charge in [0.05, 0.1) is 19.8 Å². The second kappa shape index (κ2) is 15.5. The van der Waals surface area contributed by atoms with Crippen LogP contribution >= 0.6 is 0 Å². The topological polar surface area (TPSA) is 97.4 Å². The third kappa shape index (κ3) is 9.00. The third-order valence-electron chi connectivity index (χ3n) is 9.50. The molecule has 250 valence electrons. The number of allylic oxidation sites excluding steroid dienone is 1. The van der Waals surface area contributed by atoms with Gasteiger partial charge in [-0.25, -0.2) is 9.59 Å². The lowest BCUT2D eigenvalue weighted by Gasteiger charge is -2.38. The molecule has 1 aliphatic carbocycles. The zero-order chi connectivity index (χ0) is 33.4. The first-order chi connectivity index (χ1) is 21.2. The number of urea groups is 1. The number of nitrogens with zero attached hydrogens (tertiary/aromatic N) is 2. The number of likely N-dealkylation sites (tertiary alicyclic amines) is 1. The van der Waals surface area contributed by atoms with Crippen LogP contribution in [0.5, 0.6) is 5.75 Å². The number of carbonyl (C=O) groups is 3. The first-order valence-corrected chi connectivity index (χ1v) is 19.2. The number of esters is 1. The fourth-order valence-corrected chi connectivity index (χ4v) is 7.00. The van der Waals surface area contributed by atoms with Crippen molar-refractivity contribution in [3.05, 3.63) is 55.1 Å². The Bertz CT molecular complexity index is 1200. The quantitative estimate of drug-likeness (QED) is 0.0964. The summed E-state index contributed by atoms with van der Waals surface area (Å²) >= 11 is 0. The van der Waals surface area contributed by atoms with Crippen molar-refractivity contribution in [1.29, 1.82) is 0 Å². The van der Waals surface area contributed by atoms with Gasteiger partial charge in [0.1, 0.15) is 17.3 Å². The number of benzene rings is 1. The highest BCUT2D eigenvalue weighted by Gasteiger charge is 2.62. The largest absolute Gasteiger partial charge is 0.497 e. The minimum Gasteiger partial charge on any atom is -0.497 e. The van der Waals surface area contributed by atoms with E-state index in [0.717, 1.165) is 37.0 Å². The molecule has 3 amide bonds. The molecule has 45 heavy (non-hydrogen) atoms. The number of carbonyl (C=O) groups excluding carboxylic acids is 3. The van der Waals surface area contributed by atoms with Crippen molar-refractivity contribution < 1.29 is 28.3 Å². The van der Waals surface area contributed by atoms with Gasteiger partial charge in [-0.3, -0.25) is 4.79 Å². The second-order valence-electron chi connectivity index (χ2n) is 13.8. The monoisotopic (exact) mass is 641 g/mol. The molecule has 1 aliphatic heterocycles. The Morgan fingerprint density at radius 2 is 1.82 bits per heavy atom. The molecule has 1 heterocycles. The number of hydrogen-bond acceptors (Lipinski definition) is 6. The first-order valence-electron chi connectivity index (χ1n) is 16.3. The van der Waals surface area contributed by atoms with E-state index in [2.05, 4.69) is 52.3 Å². The van der Waals surface area contributed by atoms with Crippen LogP contribution in [0.2, 0.25) is 18.1 Å². The molecule has 0 bridgehead atoms. The molecule has 1 saturated carbocycles. The summed E-state index contributed by atoms with van der Waals surface area (Å²) in [6.07, 6.45) is 7.82. The zero-order valence-corrected chi connectivity index (χ0v) is 29.5. The van der Waals surface area contributed by atoms with Crippen molar-refractivity contribution in [1.82, 2.24) is 15.1 Å². The summed E-state index contributed by atoms with van der Waals surface area (Å²) in [5.41, 5.74) is -0.173. The number of unbranched alkanes of at least 4 members (excludes halogenated alkanes) is 3. The molecule has 0 radical (unpaired) electrons. The highest BCUT2D eigenvalue weighted by atomic mass is 28.4. The molecule has 4 atom stereocenters. The molecule has 2 fully saturated rings. The van der Waals surface area contributed by atoms with Crippen molar-refractivity contribution in [3.8, 4) is 5.75 Å². The van der Waals surface area contributed by atoms with E-state index < -0.39 is 25.9 Å². The van der Waals surface area contributed by atoms with Crippen LogP contribution in [0.25, 0.3) is 0 Å². The summed E-state index contributed by atoms with van der Waals surface area (Å²) < 4.78 is 17.4. The SMILES string of the molecule is C=CCCCCCN(Cc1ccc(OC)cc1)C(=O)N1C[C@H](O[Si](C)(C)C(C)(C)C)C[C@H]1C(=O)N[C@]1(C(=O)OCC)C[C@H]1C=C. The van der Waals surface area contributed by atoms with Crippen molar-refractivity contribution in [2.24, 2.45) is 5.92 Å². The van der Waals surface area contributed by atoms with E-state index in [1.165, 1.54) is 0 Å². The fourth-order valence-electron chi connectivity index (χ4n) is 5.64. The van der Waals surface area contributed by atoms with Crippen LogP contribution in [0.4, 0.5) is 4.79 Å². The predicted octanol–water partition coefficient (Wildman–Crippen LogP) is 6.45. The van der Waals surface area contributed by atoms with Gasteiger partial charge in [0, 0.05) is 32.0 Å². The normalized spacial score (nSPS) is 22.8. The van der Waals surface area contributed by atoms with Crippen molar-refractivity contribution in [3.63, 3.8) is 0 Å². The summed E-state index contributed by atoms with van der Waals surface area (Å²) in [4.78, 5) is 44.9. The Morgan fingerprint density at radius 1 is 1.13 bits per heavy atom. The predicted molar refractivity (Wildman–Crippen MR) is 180 cm³/mol. The standard InChI is InChI=1S/C35H55N3O6Si/c1-10-13-14-15-16-21-37(24-26-17-19-28(42-7)20-18-26)33(41)38-25-29(44-45(8,9)34(4,5)6)22-30(38)31(39)36-35(23-27(35)11-2)32(40)43-12-3/h10-11,17-20,27,29-30H,1-2,12-16,21-25H2,3-9H3,(H,36,39)/t27-,29-,30+,35-/m1/s1. The maximum Gasteiger partial charge on any atom is 0.332 e. The lowest BCUT2D eigenvalue weighted by molar-refractivity contribution is -0.149. The van der Waals surface area contributed by atoms with Gasteiger partial charge in [0.25, 0.3) is 0 Å². The molecular weight excluding hydrogens is 586 g/mol. The van der Waals surface area contributed by atoms with E-state index in [1.807, 2.05) is 35.2 Å². The Hall–Kier alpha value is -3.11. The molecule has 1 aromatic carbocycles. The summed E-state index contributed by atoms with van der Waals surface area (Å²) in [6, 6.07) is 6.69. The van der Waals surface area contributed by atoms with Gasteiger partial charge < -0.3 is 29.0 Å². The van der Waals surface area contributed by atoms with E-state index in [4.69, 9.17) is 13.9 Å². The highest BCUT2D eigenvalue weighted by Crippen LogP contribution is 2.46. The number of methoxy groups -OCH3 is 1. The van der Waals surface area contributed by atoms with Crippen LogP contribution in [0, 0.1) is 5.92 Å². The molecule has 1 saturated heterocycles. The third-order valence-corrected chi connectivity index (χ3v) is 14.0. The molecule has 0 spiro atoms. The van der Waals surface area contributed by atoms with Crippen molar-refractivity contribution in [2.45, 2.75) is 109 Å². The van der Waals surface area contributed by atoms with E-state index in [1.54, 1.807) is 25.0 Å². The average molecular weight is 642 g/mol. The summed E-state index contributed by atoms with van der Waals surface area (Å²) in [5.74, 6) is -0.296. The Labute approximate surface area is 271 Å². The number of nitrogens with one attached hydrogen (secondary N) is 1. The summed E-state index contributed by atoms with van der Waals surface area (Å²) in [7, 11) is -0.575. The van der Waals surface area contributed by atoms with Crippen molar-refractivity contribution in [2.75, 3.05) is 26.8 Å². The van der Waals surface area contributed by atoms with Crippen molar-refractivity contribution >= 4 is 26.2 Å². The molecule has 0 aromatic heterocycles. The molecule has 1 aromatic rings. The van der Waals surface area contributed by atoms with E-state index in [-0.39, 0.29) is 35.6 Å². The Morgan fingerprint density at radius 3 is 2.38 bits per heavy atom. The van der Waals surface area contributed by atoms with Gasteiger partial charge in [-0.15, -0.1) is 13.2 Å². The number of hydrogen-bond donors (Lipinski definition) is 1. The molecule has 0 unspecified atom stereocenters. The average Bonchev–Trinajstić information content (AvgIpc) is 3.55. The maximum atomic E-state index is 14.4. The smallest absolute Gasteiger partial charge is 0.332 e. The fraction of sp³-hybridized carbons (Fsp3) is 0.629. The first kappa shape index (κ1) is 36.4. The molecule has 9 nitrogen and oxygen atoms in total. The minimum absolute atomic E-state index is 0.0345. The molecule has 3 rings (SSSR count). The number of ether oxygens (including phenoxy) is 2. The van der Waals surface area contributed by atoms with E-state index >= 15 is 0 Å². The van der Waals surface area contributed by atoms with E-state index in [9.17, 15) is 14.4 Å². The van der Waals surface area contributed by atoms with Gasteiger partial charge in [0.2, 0.25) is 5.91 Å². The minimum atomic E-state index is -2.20. The van der Waals surface area contributed by atoms with Crippen LogP contribution < -0.4 is 10.1 Å². The Kier molecular flexibility index (Phi) is 12.5. The van der Waals surface area contributed by atoms with Gasteiger partial charge in [-0.2, -0.15) is 0 Å². The summed E-state index contributed by atoms with van der Waals surface area (Å²) in [6.45, 7) is 21.8. The highest BCUT2D eigenvalue weighted by molar-refractivity contribution is 6.74. The van der Waals surface area contributed by atoms with Gasteiger partial charge in [0.15, 0.2) is 8.32 Å². The van der Waals surface area contributed by atoms with Crippen LogP contribution in [-0.2, 0) is 25.3 Å². The van der Waals surface area contributed by atoms with Crippen LogP contribution in [0.1, 0.15) is 71.8 Å². The van der Waals surface area contributed by atoms with Crippen LogP contribution in [0.3, 0.4) is 0 Å². The molecule has 10 heteroatoms. The Balaban J connectivity index is 1.90. The van der Waals surface area contributed by atoms with Crippen LogP contribution in [0.15, 0.2) is 49.6 Å². The van der Waals surface area contributed by atoms with Gasteiger partial charge in [-0.05, 0) is 68.4 Å². The zero-order valence-electron chi connectivity index (χ0n) is 28.5. The number of rotatable bonds is 16. The van der Waals surface area contributed by atoms with Gasteiger partial charge in [-0.1, -0.05) is 51.5 Å². The second-order valence-corrected chi connectivity index (χ2v) is 18.6. The van der Waals surface area contributed by atoms with Gasteiger partial charge >= 0.3 is 12.0 Å². The maximum absolute atomic E-state index is 14.4. The summed E-state index contributed by atoms with van der Waals surface area (Å²) in [5, 5.41) is 2.96. The lowest BCUT2D eigenvalue weighted by Crippen LogP contribution is -2.55. The van der Waals surface area contributed by atoms with E-state index in [0.29, 0.717) is 32.5 Å².